The number of fused-ring (bicyclic) bond motifs is 1. The first kappa shape index (κ1) is 23.2. The number of Topliss-reactive ketones (excluding diaryl/α,β-unsaturated/α-hetero) is 1. The van der Waals surface area contributed by atoms with Gasteiger partial charge in [-0.2, -0.15) is 0 Å². The summed E-state index contributed by atoms with van der Waals surface area (Å²) in [6.07, 6.45) is 1.03. The standard InChI is InChI=1S/C27H27N3O4/c1-18-15-22(19(2)30(18)16-20-9-4-3-5-10-20)24(31)17-34-26(32)14-8-13-25-28-23-12-7-6-11-21(23)27(33)29-25/h3-7,9-12,15H,8,13-14,16-17H2,1-2H3,(H,28,29,33). The van der Waals surface area contributed by atoms with Gasteiger partial charge < -0.3 is 14.3 Å². The van der Waals surface area contributed by atoms with E-state index in [9.17, 15) is 14.4 Å². The molecule has 0 bridgehead atoms. The molecular formula is C27H27N3O4. The van der Waals surface area contributed by atoms with Gasteiger partial charge in [0.05, 0.1) is 10.9 Å². The summed E-state index contributed by atoms with van der Waals surface area (Å²) in [6.45, 7) is 4.25. The average molecular weight is 458 g/mol. The van der Waals surface area contributed by atoms with E-state index < -0.39 is 5.97 Å². The summed E-state index contributed by atoms with van der Waals surface area (Å²) in [5.41, 5.74) is 3.98. The van der Waals surface area contributed by atoms with E-state index >= 15 is 0 Å². The summed E-state index contributed by atoms with van der Waals surface area (Å²) in [4.78, 5) is 44.2. The Kier molecular flexibility index (Phi) is 7.01. The van der Waals surface area contributed by atoms with Crippen molar-refractivity contribution in [2.75, 3.05) is 6.61 Å². The van der Waals surface area contributed by atoms with Crippen molar-refractivity contribution < 1.29 is 14.3 Å². The molecule has 2 aromatic heterocycles. The van der Waals surface area contributed by atoms with Crippen molar-refractivity contribution in [3.63, 3.8) is 0 Å². The van der Waals surface area contributed by atoms with Crippen LogP contribution in [0.4, 0.5) is 0 Å². The summed E-state index contributed by atoms with van der Waals surface area (Å²) < 4.78 is 7.31. The fourth-order valence-electron chi connectivity index (χ4n) is 4.04. The largest absolute Gasteiger partial charge is 0.457 e. The SMILES string of the molecule is Cc1cc(C(=O)COC(=O)CCCc2nc3ccccc3c(=O)[nH]2)c(C)n1Cc1ccccc1. The second-order valence-electron chi connectivity index (χ2n) is 8.32. The number of rotatable bonds is 9. The Hall–Kier alpha value is -4.00. The number of aromatic nitrogens is 3. The summed E-state index contributed by atoms with van der Waals surface area (Å²) >= 11 is 0. The highest BCUT2D eigenvalue weighted by Crippen LogP contribution is 2.18. The number of carbonyl (C=O) groups is 2. The molecule has 2 heterocycles. The molecule has 174 valence electrons. The lowest BCUT2D eigenvalue weighted by Gasteiger charge is -2.10. The van der Waals surface area contributed by atoms with Gasteiger partial charge in [0.1, 0.15) is 5.82 Å². The van der Waals surface area contributed by atoms with Gasteiger partial charge in [-0.15, -0.1) is 0 Å². The maximum absolute atomic E-state index is 12.7. The van der Waals surface area contributed by atoms with Crippen LogP contribution in [0.2, 0.25) is 0 Å². The van der Waals surface area contributed by atoms with Gasteiger partial charge in [-0.1, -0.05) is 42.5 Å². The number of aromatic amines is 1. The molecule has 0 aliphatic heterocycles. The number of para-hydroxylation sites is 1. The van der Waals surface area contributed by atoms with Crippen molar-refractivity contribution in [1.29, 1.82) is 0 Å². The summed E-state index contributed by atoms with van der Waals surface area (Å²) in [6, 6.07) is 19.0. The number of ketones is 1. The van der Waals surface area contributed by atoms with Crippen LogP contribution >= 0.6 is 0 Å². The topological polar surface area (TPSA) is 94.1 Å². The van der Waals surface area contributed by atoms with E-state index in [2.05, 4.69) is 14.5 Å². The minimum atomic E-state index is -0.449. The molecule has 0 radical (unpaired) electrons. The number of H-pyrrole nitrogens is 1. The fraction of sp³-hybridized carbons (Fsp3) is 0.259. The zero-order valence-corrected chi connectivity index (χ0v) is 19.3. The number of hydrogen-bond donors (Lipinski definition) is 1. The van der Waals surface area contributed by atoms with E-state index in [4.69, 9.17) is 4.74 Å². The van der Waals surface area contributed by atoms with Crippen molar-refractivity contribution in [3.8, 4) is 0 Å². The molecule has 1 N–H and O–H groups in total. The third-order valence-corrected chi connectivity index (χ3v) is 5.88. The number of hydrogen-bond acceptors (Lipinski definition) is 5. The Morgan fingerprint density at radius 3 is 2.56 bits per heavy atom. The van der Waals surface area contributed by atoms with Gasteiger partial charge in [0.15, 0.2) is 6.61 Å². The van der Waals surface area contributed by atoms with Gasteiger partial charge in [-0.05, 0) is 44.0 Å². The predicted molar refractivity (Wildman–Crippen MR) is 130 cm³/mol. The number of benzene rings is 2. The zero-order valence-electron chi connectivity index (χ0n) is 19.3. The van der Waals surface area contributed by atoms with Crippen molar-refractivity contribution in [1.82, 2.24) is 14.5 Å². The molecule has 7 heteroatoms. The normalized spacial score (nSPS) is 11.0. The Bertz CT molecular complexity index is 1390. The number of aryl methyl sites for hydroxylation is 2. The van der Waals surface area contributed by atoms with E-state index in [0.29, 0.717) is 41.7 Å². The van der Waals surface area contributed by atoms with E-state index in [1.54, 1.807) is 18.2 Å². The first-order valence-electron chi connectivity index (χ1n) is 11.3. The monoisotopic (exact) mass is 457 g/mol. The molecule has 0 saturated heterocycles. The minimum Gasteiger partial charge on any atom is -0.457 e. The molecule has 0 unspecified atom stereocenters. The highest BCUT2D eigenvalue weighted by atomic mass is 16.5. The number of nitrogens with one attached hydrogen (secondary N) is 1. The maximum atomic E-state index is 12.7. The Morgan fingerprint density at radius 1 is 1.03 bits per heavy atom. The second kappa shape index (κ2) is 10.3. The van der Waals surface area contributed by atoms with Crippen LogP contribution in [-0.4, -0.2) is 32.9 Å². The molecule has 0 saturated carbocycles. The summed E-state index contributed by atoms with van der Waals surface area (Å²) in [5, 5.41) is 0.535. The lowest BCUT2D eigenvalue weighted by atomic mass is 10.1. The van der Waals surface area contributed by atoms with Crippen LogP contribution in [0.5, 0.6) is 0 Å². The Balaban J connectivity index is 1.29. The van der Waals surface area contributed by atoms with Crippen LogP contribution in [0.25, 0.3) is 10.9 Å². The molecule has 0 amide bonds. The number of carbonyl (C=O) groups excluding carboxylic acids is 2. The molecule has 0 atom stereocenters. The van der Waals surface area contributed by atoms with Crippen LogP contribution in [0.1, 0.15) is 46.0 Å². The number of ether oxygens (including phenoxy) is 1. The average Bonchev–Trinajstić information content (AvgIpc) is 3.12. The van der Waals surface area contributed by atoms with Crippen LogP contribution in [-0.2, 0) is 22.5 Å². The Labute approximate surface area is 197 Å². The van der Waals surface area contributed by atoms with Gasteiger partial charge in [0.2, 0.25) is 5.78 Å². The summed E-state index contributed by atoms with van der Waals surface area (Å²) in [7, 11) is 0. The second-order valence-corrected chi connectivity index (χ2v) is 8.32. The molecule has 0 spiro atoms. The molecule has 7 nitrogen and oxygen atoms in total. The number of nitrogens with zero attached hydrogens (tertiary/aromatic N) is 2. The van der Waals surface area contributed by atoms with Crippen LogP contribution in [0.15, 0.2) is 65.5 Å². The highest BCUT2D eigenvalue weighted by molar-refractivity contribution is 5.99. The van der Waals surface area contributed by atoms with Gasteiger partial charge in [-0.3, -0.25) is 14.4 Å². The minimum absolute atomic E-state index is 0.136. The Morgan fingerprint density at radius 2 is 1.76 bits per heavy atom. The van der Waals surface area contributed by atoms with E-state index in [0.717, 1.165) is 17.0 Å². The van der Waals surface area contributed by atoms with Crippen LogP contribution in [0, 0.1) is 13.8 Å². The summed E-state index contributed by atoms with van der Waals surface area (Å²) in [5.74, 6) is -0.144. The third kappa shape index (κ3) is 5.31. The molecule has 0 aliphatic rings. The van der Waals surface area contributed by atoms with Gasteiger partial charge in [0.25, 0.3) is 5.56 Å². The molecule has 4 aromatic rings. The van der Waals surface area contributed by atoms with Gasteiger partial charge in [0, 0.05) is 36.3 Å². The molecule has 0 fully saturated rings. The van der Waals surface area contributed by atoms with Crippen molar-refractivity contribution in [2.24, 2.45) is 0 Å². The highest BCUT2D eigenvalue weighted by Gasteiger charge is 2.17. The van der Waals surface area contributed by atoms with Crippen molar-refractivity contribution in [2.45, 2.75) is 39.7 Å². The first-order chi connectivity index (χ1) is 16.4. The first-order valence-corrected chi connectivity index (χ1v) is 11.3. The lowest BCUT2D eigenvalue weighted by Crippen LogP contribution is -2.16. The van der Waals surface area contributed by atoms with Crippen molar-refractivity contribution >= 4 is 22.7 Å². The van der Waals surface area contributed by atoms with E-state index in [-0.39, 0.29) is 24.4 Å². The predicted octanol–water partition coefficient (Wildman–Crippen LogP) is 4.14. The van der Waals surface area contributed by atoms with Crippen molar-refractivity contribution in [3.05, 3.63) is 99.4 Å². The molecule has 4 rings (SSSR count). The molecule has 0 aliphatic carbocycles. The fourth-order valence-corrected chi connectivity index (χ4v) is 4.04. The molecule has 2 aromatic carbocycles. The molecular weight excluding hydrogens is 430 g/mol. The van der Waals surface area contributed by atoms with Crippen LogP contribution < -0.4 is 5.56 Å². The lowest BCUT2D eigenvalue weighted by molar-refractivity contribution is -0.142. The van der Waals surface area contributed by atoms with Gasteiger partial charge >= 0.3 is 5.97 Å². The van der Waals surface area contributed by atoms with Crippen LogP contribution in [0.3, 0.4) is 0 Å². The zero-order chi connectivity index (χ0) is 24.1. The smallest absolute Gasteiger partial charge is 0.306 e. The van der Waals surface area contributed by atoms with E-state index in [1.807, 2.05) is 56.3 Å². The third-order valence-electron chi connectivity index (χ3n) is 5.88. The van der Waals surface area contributed by atoms with E-state index in [1.165, 1.54) is 0 Å². The van der Waals surface area contributed by atoms with Gasteiger partial charge in [-0.25, -0.2) is 4.98 Å². The maximum Gasteiger partial charge on any atom is 0.306 e. The quantitative estimate of drug-likeness (QED) is 0.301. The molecule has 34 heavy (non-hydrogen) atoms. The number of esters is 1.